The van der Waals surface area contributed by atoms with Crippen molar-refractivity contribution in [3.8, 4) is 11.8 Å². The molecule has 1 aromatic carbocycles. The van der Waals surface area contributed by atoms with Crippen LogP contribution in [-0.4, -0.2) is 9.78 Å². The minimum Gasteiger partial charge on any atom is -0.271 e. The maximum absolute atomic E-state index is 5.64. The van der Waals surface area contributed by atoms with E-state index in [1.807, 2.05) is 30.8 Å². The highest BCUT2D eigenvalue weighted by Gasteiger charge is 2.16. The summed E-state index contributed by atoms with van der Waals surface area (Å²) in [6.45, 7) is 1.85. The van der Waals surface area contributed by atoms with E-state index < -0.39 is 0 Å². The average Bonchev–Trinajstić information content (AvgIpc) is 2.73. The van der Waals surface area contributed by atoms with Crippen molar-refractivity contribution in [1.29, 1.82) is 0 Å². The number of nitrogens with zero attached hydrogens (tertiary/aromatic N) is 2. The second-order valence-electron chi connectivity index (χ2n) is 4.21. The van der Waals surface area contributed by atoms with Crippen molar-refractivity contribution in [2.45, 2.75) is 25.8 Å². The number of hydrogen-bond acceptors (Lipinski definition) is 3. The van der Waals surface area contributed by atoms with Crippen molar-refractivity contribution in [3.63, 3.8) is 0 Å². The molecule has 0 bridgehead atoms. The molecule has 2 aromatic rings. The highest BCUT2D eigenvalue weighted by molar-refractivity contribution is 5.82. The van der Waals surface area contributed by atoms with E-state index >= 15 is 0 Å². The molecule has 18 heavy (non-hydrogen) atoms. The zero-order valence-corrected chi connectivity index (χ0v) is 10.8. The molecule has 0 aliphatic rings. The van der Waals surface area contributed by atoms with Crippen molar-refractivity contribution in [3.05, 3.63) is 30.0 Å². The van der Waals surface area contributed by atoms with Gasteiger partial charge in [0, 0.05) is 18.9 Å². The van der Waals surface area contributed by atoms with Gasteiger partial charge in [0.1, 0.15) is 0 Å². The molecule has 0 saturated heterocycles. The van der Waals surface area contributed by atoms with Gasteiger partial charge in [0.15, 0.2) is 0 Å². The van der Waals surface area contributed by atoms with E-state index in [-0.39, 0.29) is 6.04 Å². The highest BCUT2D eigenvalue weighted by atomic mass is 15.3. The molecule has 0 amide bonds. The first kappa shape index (κ1) is 12.6. The Kier molecular flexibility index (Phi) is 3.98. The first-order valence-electron chi connectivity index (χ1n) is 6.05. The maximum atomic E-state index is 5.64. The molecule has 4 nitrogen and oxygen atoms in total. The summed E-state index contributed by atoms with van der Waals surface area (Å²) in [5.74, 6) is 11.6. The molecule has 3 N–H and O–H groups in total. The van der Waals surface area contributed by atoms with Crippen LogP contribution in [0, 0.1) is 11.8 Å². The van der Waals surface area contributed by atoms with Crippen LogP contribution in [0.3, 0.4) is 0 Å². The molecule has 0 radical (unpaired) electrons. The van der Waals surface area contributed by atoms with Crippen LogP contribution in [0.25, 0.3) is 10.9 Å². The molecule has 1 unspecified atom stereocenters. The number of nitrogens with two attached hydrogens (primary N) is 1. The van der Waals surface area contributed by atoms with Gasteiger partial charge in [-0.15, -0.1) is 11.8 Å². The van der Waals surface area contributed by atoms with Crippen LogP contribution in [0.1, 0.15) is 31.5 Å². The van der Waals surface area contributed by atoms with Gasteiger partial charge in [-0.25, -0.2) is 0 Å². The number of nitrogens with one attached hydrogen (secondary N) is 1. The summed E-state index contributed by atoms with van der Waals surface area (Å²) in [7, 11) is 1.95. The van der Waals surface area contributed by atoms with Crippen molar-refractivity contribution in [2.75, 3.05) is 0 Å². The number of hydrazine groups is 1. The van der Waals surface area contributed by atoms with Crippen LogP contribution >= 0.6 is 0 Å². The van der Waals surface area contributed by atoms with E-state index in [4.69, 9.17) is 5.84 Å². The Morgan fingerprint density at radius 2 is 2.22 bits per heavy atom. The predicted molar refractivity (Wildman–Crippen MR) is 73.5 cm³/mol. The molecular formula is C14H18N4. The smallest absolute Gasteiger partial charge is 0.0886 e. The summed E-state index contributed by atoms with van der Waals surface area (Å²) in [5, 5.41) is 5.71. The monoisotopic (exact) mass is 242 g/mol. The molecule has 1 heterocycles. The molecule has 0 aliphatic carbocycles. The first-order chi connectivity index (χ1) is 8.77. The molecule has 0 fully saturated rings. The summed E-state index contributed by atoms with van der Waals surface area (Å²) in [4.78, 5) is 0. The Morgan fingerprint density at radius 3 is 2.94 bits per heavy atom. The van der Waals surface area contributed by atoms with Crippen LogP contribution in [-0.2, 0) is 7.05 Å². The fourth-order valence-corrected chi connectivity index (χ4v) is 2.14. The van der Waals surface area contributed by atoms with Crippen molar-refractivity contribution in [2.24, 2.45) is 12.9 Å². The quantitative estimate of drug-likeness (QED) is 0.489. The van der Waals surface area contributed by atoms with Crippen LogP contribution < -0.4 is 11.3 Å². The molecule has 2 rings (SSSR count). The number of fused-ring (bicyclic) bond motifs is 1. The van der Waals surface area contributed by atoms with E-state index in [9.17, 15) is 0 Å². The average molecular weight is 242 g/mol. The molecule has 94 valence electrons. The van der Waals surface area contributed by atoms with Crippen molar-refractivity contribution >= 4 is 10.9 Å². The lowest BCUT2D eigenvalue weighted by Gasteiger charge is -2.12. The van der Waals surface area contributed by atoms with Gasteiger partial charge in [0.25, 0.3) is 0 Å². The summed E-state index contributed by atoms with van der Waals surface area (Å²) < 4.78 is 1.89. The highest BCUT2D eigenvalue weighted by Crippen LogP contribution is 2.25. The summed E-state index contributed by atoms with van der Waals surface area (Å²) in [6, 6.07) is 8.21. The maximum Gasteiger partial charge on any atom is 0.0886 e. The van der Waals surface area contributed by atoms with Crippen LogP contribution in [0.5, 0.6) is 0 Å². The normalized spacial score (nSPS) is 12.2. The molecule has 1 aromatic heterocycles. The summed E-state index contributed by atoms with van der Waals surface area (Å²) in [6.07, 6.45) is 1.68. The molecular weight excluding hydrogens is 224 g/mol. The number of benzene rings is 1. The van der Waals surface area contributed by atoms with Crippen LogP contribution in [0.15, 0.2) is 24.3 Å². The van der Waals surface area contributed by atoms with E-state index in [0.717, 1.165) is 29.4 Å². The van der Waals surface area contributed by atoms with Gasteiger partial charge >= 0.3 is 0 Å². The second-order valence-corrected chi connectivity index (χ2v) is 4.21. The zero-order valence-electron chi connectivity index (χ0n) is 10.8. The van der Waals surface area contributed by atoms with Crippen LogP contribution in [0.2, 0.25) is 0 Å². The van der Waals surface area contributed by atoms with Crippen molar-refractivity contribution in [1.82, 2.24) is 15.2 Å². The number of para-hydroxylation sites is 1. The fraction of sp³-hybridized carbons (Fsp3) is 0.357. The molecule has 4 heteroatoms. The first-order valence-corrected chi connectivity index (χ1v) is 6.05. The summed E-state index contributed by atoms with van der Waals surface area (Å²) in [5.41, 5.74) is 4.95. The van der Waals surface area contributed by atoms with E-state index in [0.29, 0.717) is 0 Å². The minimum atomic E-state index is 0.0388. The Bertz CT molecular complexity index is 589. The largest absolute Gasteiger partial charge is 0.271 e. The Morgan fingerprint density at radius 1 is 1.44 bits per heavy atom. The Hall–Kier alpha value is -1.83. The Labute approximate surface area is 107 Å². The van der Waals surface area contributed by atoms with E-state index in [1.54, 1.807) is 0 Å². The van der Waals surface area contributed by atoms with Gasteiger partial charge in [-0.1, -0.05) is 18.2 Å². The molecule has 0 aliphatic heterocycles. The molecule has 1 atom stereocenters. The Balaban J connectivity index is 2.35. The number of rotatable bonds is 4. The van der Waals surface area contributed by atoms with Gasteiger partial charge < -0.3 is 0 Å². The van der Waals surface area contributed by atoms with Gasteiger partial charge in [-0.2, -0.15) is 5.10 Å². The SMILES string of the molecule is CC#CCCC(NN)c1nn(C)c2ccccc12. The zero-order chi connectivity index (χ0) is 13.0. The van der Waals surface area contributed by atoms with Gasteiger partial charge in [0.05, 0.1) is 17.3 Å². The molecule has 0 saturated carbocycles. The fourth-order valence-electron chi connectivity index (χ4n) is 2.14. The van der Waals surface area contributed by atoms with Gasteiger partial charge in [0.2, 0.25) is 0 Å². The topological polar surface area (TPSA) is 55.9 Å². The lowest BCUT2D eigenvalue weighted by Crippen LogP contribution is -2.28. The number of aromatic nitrogens is 2. The van der Waals surface area contributed by atoms with E-state index in [1.165, 1.54) is 0 Å². The molecule has 0 spiro atoms. The van der Waals surface area contributed by atoms with Gasteiger partial charge in [-0.3, -0.25) is 16.0 Å². The minimum absolute atomic E-state index is 0.0388. The van der Waals surface area contributed by atoms with Gasteiger partial charge in [-0.05, 0) is 19.4 Å². The second kappa shape index (κ2) is 5.67. The third kappa shape index (κ3) is 2.37. The van der Waals surface area contributed by atoms with E-state index in [2.05, 4.69) is 34.5 Å². The third-order valence-corrected chi connectivity index (χ3v) is 3.05. The summed E-state index contributed by atoms with van der Waals surface area (Å²) >= 11 is 0. The lowest BCUT2D eigenvalue weighted by molar-refractivity contribution is 0.507. The van der Waals surface area contributed by atoms with Crippen LogP contribution in [0.4, 0.5) is 0 Å². The predicted octanol–water partition coefficient (Wildman–Crippen LogP) is 1.88. The third-order valence-electron chi connectivity index (χ3n) is 3.05. The lowest BCUT2D eigenvalue weighted by atomic mass is 10.1. The number of aryl methyl sites for hydroxylation is 1. The standard InChI is InChI=1S/C14H18N4/c1-3-4-5-9-12(16-15)14-11-8-6-7-10-13(11)18(2)17-14/h6-8,10,12,16H,5,9,15H2,1-2H3. The number of hydrogen-bond donors (Lipinski definition) is 2. The van der Waals surface area contributed by atoms with Crippen molar-refractivity contribution < 1.29 is 0 Å².